The summed E-state index contributed by atoms with van der Waals surface area (Å²) in [5.74, 6) is -0.0956. The minimum absolute atomic E-state index is 0.0333. The lowest BCUT2D eigenvalue weighted by atomic mass is 10.0. The summed E-state index contributed by atoms with van der Waals surface area (Å²) in [6.45, 7) is 4.88. The number of allylic oxidation sites excluding steroid dienone is 2. The van der Waals surface area contributed by atoms with E-state index in [1.54, 1.807) is 0 Å². The second kappa shape index (κ2) is 45.3. The van der Waals surface area contributed by atoms with E-state index in [4.69, 9.17) is 4.74 Å². The summed E-state index contributed by atoms with van der Waals surface area (Å²) in [4.78, 5) is 24.4. The van der Waals surface area contributed by atoms with Crippen molar-refractivity contribution in [3.8, 4) is 0 Å². The predicted molar refractivity (Wildman–Crippen MR) is 237 cm³/mol. The molecular weight excluding hydrogens is 683 g/mol. The smallest absolute Gasteiger partial charge is 0.305 e. The number of esters is 1. The SMILES string of the molecule is CCCCCCC/C=C\CCCCCCCC(=O)OCCCCCCCCCCCC(=O)NC(CO)C(O)CCCCCCCCCCCCCCCCC. The fraction of sp³-hybridized carbons (Fsp3) is 0.918. The number of carbonyl (C=O) groups excluding carboxylic acids is 2. The quantitative estimate of drug-likeness (QED) is 0.0325. The van der Waals surface area contributed by atoms with E-state index < -0.39 is 12.1 Å². The zero-order chi connectivity index (χ0) is 40.1. The maximum atomic E-state index is 12.4. The van der Waals surface area contributed by atoms with Crippen molar-refractivity contribution >= 4 is 11.9 Å². The molecule has 0 spiro atoms. The van der Waals surface area contributed by atoms with E-state index in [9.17, 15) is 19.8 Å². The molecule has 0 saturated carbocycles. The summed E-state index contributed by atoms with van der Waals surface area (Å²) < 4.78 is 5.44. The second-order valence-corrected chi connectivity index (χ2v) is 16.8. The highest BCUT2D eigenvalue weighted by atomic mass is 16.5. The van der Waals surface area contributed by atoms with Gasteiger partial charge in [-0.05, 0) is 51.4 Å². The third kappa shape index (κ3) is 42.0. The Bertz CT molecular complexity index is 817. The first-order chi connectivity index (χ1) is 27.0. The molecular formula is C49H95NO5. The number of ether oxygens (including phenoxy) is 1. The zero-order valence-electron chi connectivity index (χ0n) is 36.9. The maximum Gasteiger partial charge on any atom is 0.305 e. The van der Waals surface area contributed by atoms with Crippen LogP contribution in [-0.2, 0) is 14.3 Å². The van der Waals surface area contributed by atoms with Crippen molar-refractivity contribution in [2.45, 2.75) is 276 Å². The van der Waals surface area contributed by atoms with Crippen LogP contribution in [0.15, 0.2) is 12.2 Å². The minimum atomic E-state index is -0.680. The van der Waals surface area contributed by atoms with Gasteiger partial charge in [-0.25, -0.2) is 0 Å². The molecule has 0 aliphatic heterocycles. The highest BCUT2D eigenvalue weighted by Gasteiger charge is 2.20. The standard InChI is InChI=1S/C49H95NO5/c1-3-5-7-9-11-13-15-17-19-20-22-25-29-33-37-41-47(52)46(45-51)50-48(53)42-38-34-30-26-24-28-32-36-40-44-55-49(54)43-39-35-31-27-23-21-18-16-14-12-10-8-6-4-2/h16,18,46-47,51-52H,3-15,17,19-45H2,1-2H3,(H,50,53)/b18-16-. The molecule has 2 unspecified atom stereocenters. The first-order valence-electron chi connectivity index (χ1n) is 24.4. The number of aliphatic hydroxyl groups excluding tert-OH is 2. The monoisotopic (exact) mass is 778 g/mol. The fourth-order valence-corrected chi connectivity index (χ4v) is 7.51. The number of rotatable bonds is 45. The average Bonchev–Trinajstić information content (AvgIpc) is 3.18. The molecule has 3 N–H and O–H groups in total. The molecule has 2 atom stereocenters. The van der Waals surface area contributed by atoms with Crippen LogP contribution in [0.2, 0.25) is 0 Å². The van der Waals surface area contributed by atoms with Crippen molar-refractivity contribution in [2.75, 3.05) is 13.2 Å². The van der Waals surface area contributed by atoms with E-state index in [-0.39, 0.29) is 18.5 Å². The van der Waals surface area contributed by atoms with Crippen LogP contribution < -0.4 is 5.32 Å². The van der Waals surface area contributed by atoms with Gasteiger partial charge in [-0.15, -0.1) is 0 Å². The maximum absolute atomic E-state index is 12.4. The summed E-state index contributed by atoms with van der Waals surface area (Å²) in [5, 5.41) is 23.2. The Morgan fingerprint density at radius 3 is 1.29 bits per heavy atom. The number of nitrogens with one attached hydrogen (secondary N) is 1. The van der Waals surface area contributed by atoms with Gasteiger partial charge in [0.15, 0.2) is 0 Å². The molecule has 55 heavy (non-hydrogen) atoms. The Labute approximate surface area is 342 Å². The Morgan fingerprint density at radius 1 is 0.491 bits per heavy atom. The van der Waals surface area contributed by atoms with Gasteiger partial charge in [-0.1, -0.05) is 212 Å². The lowest BCUT2D eigenvalue weighted by Crippen LogP contribution is -2.45. The van der Waals surface area contributed by atoms with Gasteiger partial charge in [0.25, 0.3) is 0 Å². The number of hydrogen-bond acceptors (Lipinski definition) is 5. The third-order valence-corrected chi connectivity index (χ3v) is 11.3. The van der Waals surface area contributed by atoms with Crippen molar-refractivity contribution in [3.63, 3.8) is 0 Å². The second-order valence-electron chi connectivity index (χ2n) is 16.8. The van der Waals surface area contributed by atoms with E-state index in [1.807, 2.05) is 0 Å². The summed E-state index contributed by atoms with van der Waals surface area (Å²) in [6.07, 6.45) is 50.2. The number of carbonyl (C=O) groups is 2. The molecule has 0 aromatic carbocycles. The lowest BCUT2D eigenvalue weighted by Gasteiger charge is -2.22. The van der Waals surface area contributed by atoms with Crippen LogP contribution in [0.4, 0.5) is 0 Å². The van der Waals surface area contributed by atoms with Gasteiger partial charge in [0.2, 0.25) is 5.91 Å². The largest absolute Gasteiger partial charge is 0.466 e. The van der Waals surface area contributed by atoms with E-state index in [0.717, 1.165) is 57.8 Å². The van der Waals surface area contributed by atoms with Gasteiger partial charge in [0.1, 0.15) is 0 Å². The van der Waals surface area contributed by atoms with Crippen molar-refractivity contribution < 1.29 is 24.5 Å². The number of aliphatic hydroxyl groups is 2. The first kappa shape index (κ1) is 53.6. The number of amides is 1. The van der Waals surface area contributed by atoms with Gasteiger partial charge in [-0.2, -0.15) is 0 Å². The molecule has 6 heteroatoms. The van der Waals surface area contributed by atoms with E-state index in [1.165, 1.54) is 173 Å². The van der Waals surface area contributed by atoms with Crippen LogP contribution in [0.5, 0.6) is 0 Å². The van der Waals surface area contributed by atoms with E-state index in [2.05, 4.69) is 31.3 Å². The van der Waals surface area contributed by atoms with Gasteiger partial charge in [0, 0.05) is 12.8 Å². The Kier molecular flexibility index (Phi) is 44.2. The van der Waals surface area contributed by atoms with Gasteiger partial charge >= 0.3 is 5.97 Å². The van der Waals surface area contributed by atoms with Gasteiger partial charge in [0.05, 0.1) is 25.4 Å². The summed E-state index contributed by atoms with van der Waals surface area (Å²) in [5.41, 5.74) is 0. The molecule has 326 valence electrons. The van der Waals surface area contributed by atoms with Crippen LogP contribution in [0, 0.1) is 0 Å². The summed E-state index contributed by atoms with van der Waals surface area (Å²) in [6, 6.07) is -0.560. The molecule has 0 aliphatic rings. The highest BCUT2D eigenvalue weighted by Crippen LogP contribution is 2.16. The molecule has 0 saturated heterocycles. The molecule has 0 bridgehead atoms. The Hall–Kier alpha value is -1.40. The summed E-state index contributed by atoms with van der Waals surface area (Å²) in [7, 11) is 0. The molecule has 0 heterocycles. The number of hydrogen-bond donors (Lipinski definition) is 3. The molecule has 0 fully saturated rings. The van der Waals surface area contributed by atoms with Gasteiger partial charge < -0.3 is 20.3 Å². The van der Waals surface area contributed by atoms with E-state index >= 15 is 0 Å². The molecule has 0 rings (SSSR count). The van der Waals surface area contributed by atoms with Crippen molar-refractivity contribution in [1.82, 2.24) is 5.32 Å². The Balaban J connectivity index is 3.50. The first-order valence-corrected chi connectivity index (χ1v) is 24.4. The Morgan fingerprint density at radius 2 is 0.855 bits per heavy atom. The molecule has 0 aromatic heterocycles. The average molecular weight is 778 g/mol. The van der Waals surface area contributed by atoms with Gasteiger partial charge in [-0.3, -0.25) is 9.59 Å². The lowest BCUT2D eigenvalue weighted by molar-refractivity contribution is -0.143. The molecule has 0 aromatic rings. The van der Waals surface area contributed by atoms with Crippen molar-refractivity contribution in [1.29, 1.82) is 0 Å². The molecule has 6 nitrogen and oxygen atoms in total. The summed E-state index contributed by atoms with van der Waals surface area (Å²) >= 11 is 0. The van der Waals surface area contributed by atoms with Crippen molar-refractivity contribution in [2.24, 2.45) is 0 Å². The molecule has 1 amide bonds. The topological polar surface area (TPSA) is 95.9 Å². The van der Waals surface area contributed by atoms with Crippen LogP contribution in [0.25, 0.3) is 0 Å². The van der Waals surface area contributed by atoms with Crippen molar-refractivity contribution in [3.05, 3.63) is 12.2 Å². The highest BCUT2D eigenvalue weighted by molar-refractivity contribution is 5.76. The number of unbranched alkanes of at least 4 members (excludes halogenated alkanes) is 32. The minimum Gasteiger partial charge on any atom is -0.466 e. The van der Waals surface area contributed by atoms with Crippen LogP contribution >= 0.6 is 0 Å². The third-order valence-electron chi connectivity index (χ3n) is 11.3. The van der Waals surface area contributed by atoms with Crippen LogP contribution in [0.1, 0.15) is 264 Å². The van der Waals surface area contributed by atoms with Crippen LogP contribution in [-0.4, -0.2) is 47.4 Å². The zero-order valence-corrected chi connectivity index (χ0v) is 36.9. The predicted octanol–water partition coefficient (Wildman–Crippen LogP) is 14.2. The van der Waals surface area contributed by atoms with E-state index in [0.29, 0.717) is 25.9 Å². The molecule has 0 radical (unpaired) electrons. The fourth-order valence-electron chi connectivity index (χ4n) is 7.51. The normalized spacial score (nSPS) is 12.7. The molecule has 0 aliphatic carbocycles. The van der Waals surface area contributed by atoms with Crippen LogP contribution in [0.3, 0.4) is 0 Å².